The minimum Gasteiger partial charge on any atom is -0.486 e. The van der Waals surface area contributed by atoms with E-state index in [1.807, 2.05) is 49.4 Å². The number of pyridine rings is 1. The first-order valence-corrected chi connectivity index (χ1v) is 12.6. The van der Waals surface area contributed by atoms with Gasteiger partial charge in [0.15, 0.2) is 0 Å². The van der Waals surface area contributed by atoms with Crippen molar-refractivity contribution in [2.75, 3.05) is 13.2 Å². The first-order valence-electron chi connectivity index (χ1n) is 11.8. The molecule has 4 heterocycles. The number of hydrogen-bond acceptors (Lipinski definition) is 7. The molecule has 0 aliphatic carbocycles. The quantitative estimate of drug-likeness (QED) is 0.308. The highest BCUT2D eigenvalue weighted by molar-refractivity contribution is 6.35. The van der Waals surface area contributed by atoms with Crippen molar-refractivity contribution in [3.05, 3.63) is 75.4 Å². The van der Waals surface area contributed by atoms with Gasteiger partial charge in [-0.15, -0.1) is 0 Å². The second kappa shape index (κ2) is 11.3. The maximum atomic E-state index is 6.29. The SMILES string of the molecule is CC(Oc1ccc2[nH]nc(/C=C/c3ccc(CNC4CCOCC4)nn3)c2c1)c1c(Cl)cncc1Cl. The molecule has 0 saturated carbocycles. The van der Waals surface area contributed by atoms with Crippen molar-refractivity contribution in [2.24, 2.45) is 0 Å². The largest absolute Gasteiger partial charge is 0.486 e. The predicted molar refractivity (Wildman–Crippen MR) is 141 cm³/mol. The van der Waals surface area contributed by atoms with Crippen LogP contribution >= 0.6 is 23.2 Å². The van der Waals surface area contributed by atoms with Gasteiger partial charge < -0.3 is 14.8 Å². The summed E-state index contributed by atoms with van der Waals surface area (Å²) in [7, 11) is 0. The summed E-state index contributed by atoms with van der Waals surface area (Å²) >= 11 is 12.6. The molecular formula is C26H26Cl2N6O2. The van der Waals surface area contributed by atoms with Crippen LogP contribution in [0.4, 0.5) is 0 Å². The van der Waals surface area contributed by atoms with E-state index < -0.39 is 0 Å². The molecule has 36 heavy (non-hydrogen) atoms. The molecule has 1 atom stereocenters. The molecule has 1 aromatic carbocycles. The van der Waals surface area contributed by atoms with Crippen molar-refractivity contribution in [1.29, 1.82) is 0 Å². The molecule has 10 heteroatoms. The lowest BCUT2D eigenvalue weighted by Crippen LogP contribution is -2.34. The summed E-state index contributed by atoms with van der Waals surface area (Å²) in [5.41, 5.74) is 4.04. The second-order valence-corrected chi connectivity index (χ2v) is 9.46. The third kappa shape index (κ3) is 5.84. The number of nitrogens with one attached hydrogen (secondary N) is 2. The molecule has 0 bridgehead atoms. The molecule has 1 saturated heterocycles. The molecule has 3 aromatic heterocycles. The fourth-order valence-corrected chi connectivity index (χ4v) is 4.83. The Labute approximate surface area is 219 Å². The standard InChI is InChI=1S/C26H26Cl2N6O2/c1-16(26-22(27)14-29-15-23(26)28)36-20-5-7-25-21(12-20)24(33-34-25)6-4-18-2-3-19(32-31-18)13-30-17-8-10-35-11-9-17/h2-7,12,14-17,30H,8-11,13H2,1H3,(H,33,34)/b6-4+. The minimum absolute atomic E-state index is 0.355. The Kier molecular flexibility index (Phi) is 7.77. The molecule has 0 spiro atoms. The zero-order valence-electron chi connectivity index (χ0n) is 19.7. The molecule has 186 valence electrons. The van der Waals surface area contributed by atoms with E-state index in [9.17, 15) is 0 Å². The number of ether oxygens (including phenoxy) is 2. The van der Waals surface area contributed by atoms with Crippen LogP contribution in [0.2, 0.25) is 10.0 Å². The monoisotopic (exact) mass is 524 g/mol. The highest BCUT2D eigenvalue weighted by Gasteiger charge is 2.17. The fourth-order valence-electron chi connectivity index (χ4n) is 4.15. The van der Waals surface area contributed by atoms with Gasteiger partial charge in [0.05, 0.1) is 32.6 Å². The van der Waals surface area contributed by atoms with Gasteiger partial charge in [-0.1, -0.05) is 23.2 Å². The van der Waals surface area contributed by atoms with Crippen LogP contribution in [-0.2, 0) is 11.3 Å². The summed E-state index contributed by atoms with van der Waals surface area (Å²) in [6.07, 6.45) is 8.63. The number of benzene rings is 1. The van der Waals surface area contributed by atoms with Crippen molar-refractivity contribution < 1.29 is 9.47 Å². The number of rotatable bonds is 8. The molecule has 1 fully saturated rings. The van der Waals surface area contributed by atoms with Gasteiger partial charge in [-0.05, 0) is 62.2 Å². The van der Waals surface area contributed by atoms with Gasteiger partial charge in [-0.2, -0.15) is 15.3 Å². The molecule has 4 aromatic rings. The van der Waals surface area contributed by atoms with Gasteiger partial charge in [0.25, 0.3) is 0 Å². The number of hydrogen-bond donors (Lipinski definition) is 2. The molecule has 0 radical (unpaired) electrons. The fraction of sp³-hybridized carbons (Fsp3) is 0.308. The molecule has 8 nitrogen and oxygen atoms in total. The molecule has 1 aliphatic rings. The maximum absolute atomic E-state index is 6.29. The maximum Gasteiger partial charge on any atom is 0.124 e. The van der Waals surface area contributed by atoms with E-state index in [1.54, 1.807) is 12.4 Å². The van der Waals surface area contributed by atoms with Gasteiger partial charge in [0.2, 0.25) is 0 Å². The zero-order chi connectivity index (χ0) is 24.9. The lowest BCUT2D eigenvalue weighted by molar-refractivity contribution is 0.0775. The number of fused-ring (bicyclic) bond motifs is 1. The van der Waals surface area contributed by atoms with E-state index in [2.05, 4.69) is 30.7 Å². The van der Waals surface area contributed by atoms with E-state index in [0.717, 1.165) is 54.0 Å². The average molecular weight is 525 g/mol. The van der Waals surface area contributed by atoms with Gasteiger partial charge >= 0.3 is 0 Å². The van der Waals surface area contributed by atoms with Crippen molar-refractivity contribution in [3.8, 4) is 5.75 Å². The Morgan fingerprint density at radius 2 is 1.92 bits per heavy atom. The summed E-state index contributed by atoms with van der Waals surface area (Å²) < 4.78 is 11.5. The number of aromatic amines is 1. The van der Waals surface area contributed by atoms with Crippen molar-refractivity contribution >= 4 is 46.3 Å². The molecule has 1 unspecified atom stereocenters. The van der Waals surface area contributed by atoms with E-state index in [0.29, 0.717) is 33.9 Å². The number of nitrogens with zero attached hydrogens (tertiary/aromatic N) is 4. The van der Waals surface area contributed by atoms with Crippen molar-refractivity contribution in [3.63, 3.8) is 0 Å². The van der Waals surface area contributed by atoms with Gasteiger partial charge in [0, 0.05) is 49.1 Å². The molecule has 2 N–H and O–H groups in total. The molecular weight excluding hydrogens is 499 g/mol. The number of aromatic nitrogens is 5. The second-order valence-electron chi connectivity index (χ2n) is 8.64. The lowest BCUT2D eigenvalue weighted by Gasteiger charge is -2.22. The topological polar surface area (TPSA) is 97.8 Å². The van der Waals surface area contributed by atoms with Crippen LogP contribution in [0.15, 0.2) is 42.7 Å². The van der Waals surface area contributed by atoms with Crippen LogP contribution in [0.5, 0.6) is 5.75 Å². The van der Waals surface area contributed by atoms with Crippen LogP contribution in [-0.4, -0.2) is 44.6 Å². The van der Waals surface area contributed by atoms with Crippen LogP contribution in [0.25, 0.3) is 23.1 Å². The number of halogens is 2. The van der Waals surface area contributed by atoms with E-state index >= 15 is 0 Å². The Bertz CT molecular complexity index is 1330. The Balaban J connectivity index is 1.26. The molecule has 5 rings (SSSR count). The third-order valence-corrected chi connectivity index (χ3v) is 6.72. The van der Waals surface area contributed by atoms with Gasteiger partial charge in [-0.3, -0.25) is 10.1 Å². The van der Waals surface area contributed by atoms with Gasteiger partial charge in [-0.25, -0.2) is 0 Å². The summed E-state index contributed by atoms with van der Waals surface area (Å²) in [5.74, 6) is 0.677. The van der Waals surface area contributed by atoms with E-state index in [-0.39, 0.29) is 6.10 Å². The Morgan fingerprint density at radius 3 is 2.67 bits per heavy atom. The summed E-state index contributed by atoms with van der Waals surface area (Å²) in [5, 5.41) is 21.5. The van der Waals surface area contributed by atoms with Crippen LogP contribution in [0, 0.1) is 0 Å². The lowest BCUT2D eigenvalue weighted by atomic mass is 10.1. The summed E-state index contributed by atoms with van der Waals surface area (Å²) in [4.78, 5) is 4.00. The van der Waals surface area contributed by atoms with Crippen molar-refractivity contribution in [2.45, 2.75) is 38.5 Å². The van der Waals surface area contributed by atoms with Crippen LogP contribution in [0.3, 0.4) is 0 Å². The van der Waals surface area contributed by atoms with Crippen molar-refractivity contribution in [1.82, 2.24) is 30.7 Å². The summed E-state index contributed by atoms with van der Waals surface area (Å²) in [6, 6.07) is 10.2. The highest BCUT2D eigenvalue weighted by Crippen LogP contribution is 2.33. The summed E-state index contributed by atoms with van der Waals surface area (Å²) in [6.45, 7) is 4.22. The Morgan fingerprint density at radius 1 is 1.11 bits per heavy atom. The van der Waals surface area contributed by atoms with Crippen LogP contribution in [0.1, 0.15) is 48.5 Å². The first-order chi connectivity index (χ1) is 17.6. The smallest absolute Gasteiger partial charge is 0.124 e. The number of H-pyrrole nitrogens is 1. The van der Waals surface area contributed by atoms with Crippen LogP contribution < -0.4 is 10.1 Å². The first kappa shape index (κ1) is 24.6. The highest BCUT2D eigenvalue weighted by atomic mass is 35.5. The third-order valence-electron chi connectivity index (χ3n) is 6.12. The van der Waals surface area contributed by atoms with Gasteiger partial charge in [0.1, 0.15) is 11.9 Å². The van der Waals surface area contributed by atoms with E-state index in [1.165, 1.54) is 0 Å². The molecule has 1 aliphatic heterocycles. The average Bonchev–Trinajstić information content (AvgIpc) is 3.29. The molecule has 0 amide bonds. The normalized spacial score (nSPS) is 15.5. The Hall–Kier alpha value is -3.04. The van der Waals surface area contributed by atoms with E-state index in [4.69, 9.17) is 32.7 Å². The predicted octanol–water partition coefficient (Wildman–Crippen LogP) is 5.63. The minimum atomic E-state index is -0.355. The zero-order valence-corrected chi connectivity index (χ0v) is 21.3.